The minimum Gasteiger partial charge on any atom is -0.469 e. The molecule has 10 heteroatoms. The number of aliphatic hydroxyl groups is 2. The fraction of sp³-hybridized carbons (Fsp3) is 0.520. The summed E-state index contributed by atoms with van der Waals surface area (Å²) in [5, 5.41) is 20.5. The van der Waals surface area contributed by atoms with Crippen molar-refractivity contribution in [3.8, 4) is 0 Å². The number of allylic oxidation sites excluding steroid dienone is 3. The van der Waals surface area contributed by atoms with E-state index in [0.29, 0.717) is 11.3 Å². The molecule has 0 aliphatic rings. The van der Waals surface area contributed by atoms with Crippen LogP contribution in [0.5, 0.6) is 0 Å². The largest absolute Gasteiger partial charge is 0.469 e. The van der Waals surface area contributed by atoms with Gasteiger partial charge in [-0.3, -0.25) is 9.79 Å². The summed E-state index contributed by atoms with van der Waals surface area (Å²) in [6, 6.07) is 5.92. The fourth-order valence-electron chi connectivity index (χ4n) is 3.27. The van der Waals surface area contributed by atoms with E-state index in [0.717, 1.165) is 21.7 Å². The van der Waals surface area contributed by atoms with Crippen LogP contribution in [0.1, 0.15) is 46.1 Å². The smallest absolute Gasteiger partial charge is 0.308 e. The standard InChI is InChI=1S/C25H37FN2O6S/c1-16(2)25(27-18(4)28(5)35(7,32)33)23(17(3)19-8-10-20(26)11-9-19)13-12-21(29)14-22(30)15-24(31)34-6/h8-13,16,18,21-22,29-30H,14-15H2,1-7H3/b13-12+,23-17+,27-25?/t18?,21-,22-/m1/s1. The third kappa shape index (κ3) is 10.0. The van der Waals surface area contributed by atoms with E-state index in [1.165, 1.54) is 32.4 Å². The number of methoxy groups -OCH3 is 1. The van der Waals surface area contributed by atoms with Crippen molar-refractivity contribution in [3.05, 3.63) is 53.4 Å². The molecular formula is C25H37FN2O6S. The Bertz CT molecular complexity index is 1050. The molecule has 0 amide bonds. The number of carbonyl (C=O) groups is 1. The Labute approximate surface area is 207 Å². The van der Waals surface area contributed by atoms with Gasteiger partial charge in [0.2, 0.25) is 10.0 Å². The van der Waals surface area contributed by atoms with E-state index in [1.807, 2.05) is 20.8 Å². The molecule has 0 spiro atoms. The van der Waals surface area contributed by atoms with E-state index >= 15 is 0 Å². The second-order valence-electron chi connectivity index (χ2n) is 8.72. The number of halogens is 1. The lowest BCUT2D eigenvalue weighted by molar-refractivity contribution is -0.143. The predicted octanol–water partition coefficient (Wildman–Crippen LogP) is 3.16. The van der Waals surface area contributed by atoms with Gasteiger partial charge in [0.25, 0.3) is 0 Å². The van der Waals surface area contributed by atoms with Gasteiger partial charge < -0.3 is 14.9 Å². The van der Waals surface area contributed by atoms with E-state index in [1.54, 1.807) is 25.1 Å². The summed E-state index contributed by atoms with van der Waals surface area (Å²) in [5.41, 5.74) is 2.68. The highest BCUT2D eigenvalue weighted by Gasteiger charge is 2.21. The molecule has 0 aromatic heterocycles. The molecule has 0 aliphatic heterocycles. The molecule has 1 aromatic carbocycles. The first kappa shape index (κ1) is 30.6. The average molecular weight is 513 g/mol. The molecule has 2 N–H and O–H groups in total. The Kier molecular flexibility index (Phi) is 11.9. The molecule has 196 valence electrons. The number of carbonyl (C=O) groups excluding carboxylic acids is 1. The summed E-state index contributed by atoms with van der Waals surface area (Å²) in [5.74, 6) is -1.09. The van der Waals surface area contributed by atoms with Gasteiger partial charge in [-0.05, 0) is 48.6 Å². The molecule has 0 saturated heterocycles. The van der Waals surface area contributed by atoms with Crippen LogP contribution in [-0.4, -0.2) is 73.4 Å². The number of aliphatic hydroxyl groups excluding tert-OH is 2. The Morgan fingerprint density at radius 2 is 1.77 bits per heavy atom. The van der Waals surface area contributed by atoms with Gasteiger partial charge in [0.1, 0.15) is 12.0 Å². The molecule has 3 atom stereocenters. The second kappa shape index (κ2) is 13.6. The molecular weight excluding hydrogens is 475 g/mol. The third-order valence-corrected chi connectivity index (χ3v) is 6.86. The lowest BCUT2D eigenvalue weighted by atomic mass is 9.91. The maximum absolute atomic E-state index is 13.5. The molecule has 0 fully saturated rings. The summed E-state index contributed by atoms with van der Waals surface area (Å²) in [6.45, 7) is 7.31. The van der Waals surface area contributed by atoms with Gasteiger partial charge in [-0.2, -0.15) is 4.31 Å². The maximum Gasteiger partial charge on any atom is 0.308 e. The predicted molar refractivity (Wildman–Crippen MR) is 136 cm³/mol. The van der Waals surface area contributed by atoms with Gasteiger partial charge in [-0.1, -0.05) is 38.1 Å². The van der Waals surface area contributed by atoms with E-state index in [2.05, 4.69) is 9.73 Å². The minimum absolute atomic E-state index is 0.0875. The number of esters is 1. The number of ether oxygens (including phenoxy) is 1. The Morgan fingerprint density at radius 1 is 1.20 bits per heavy atom. The second-order valence-corrected chi connectivity index (χ2v) is 10.8. The number of sulfonamides is 1. The van der Waals surface area contributed by atoms with Crippen LogP contribution in [0.3, 0.4) is 0 Å². The van der Waals surface area contributed by atoms with Gasteiger partial charge >= 0.3 is 5.97 Å². The Hall–Kier alpha value is -2.40. The summed E-state index contributed by atoms with van der Waals surface area (Å²) >= 11 is 0. The van der Waals surface area contributed by atoms with Crippen LogP contribution >= 0.6 is 0 Å². The summed E-state index contributed by atoms with van der Waals surface area (Å²) in [6.07, 6.45) is 1.04. The van der Waals surface area contributed by atoms with Crippen molar-refractivity contribution in [2.24, 2.45) is 10.9 Å². The molecule has 0 bridgehead atoms. The van der Waals surface area contributed by atoms with Crippen LogP contribution in [0.15, 0.2) is 47.0 Å². The highest BCUT2D eigenvalue weighted by atomic mass is 32.2. The molecule has 35 heavy (non-hydrogen) atoms. The molecule has 1 unspecified atom stereocenters. The number of hydrogen-bond donors (Lipinski definition) is 2. The zero-order valence-electron chi connectivity index (χ0n) is 21.4. The third-order valence-electron chi connectivity index (χ3n) is 5.51. The summed E-state index contributed by atoms with van der Waals surface area (Å²) in [7, 11) is -0.820. The first-order valence-electron chi connectivity index (χ1n) is 11.3. The van der Waals surface area contributed by atoms with Crippen molar-refractivity contribution in [1.82, 2.24) is 4.31 Å². The first-order chi connectivity index (χ1) is 16.2. The molecule has 1 rings (SSSR count). The van der Waals surface area contributed by atoms with Crippen molar-refractivity contribution in [3.63, 3.8) is 0 Å². The number of nitrogens with zero attached hydrogens (tertiary/aromatic N) is 2. The number of rotatable bonds is 12. The summed E-state index contributed by atoms with van der Waals surface area (Å²) < 4.78 is 43.2. The Balaban J connectivity index is 3.49. The van der Waals surface area contributed by atoms with Crippen molar-refractivity contribution < 1.29 is 32.6 Å². The maximum atomic E-state index is 13.5. The fourth-order valence-corrected chi connectivity index (χ4v) is 3.87. The zero-order valence-corrected chi connectivity index (χ0v) is 22.2. The van der Waals surface area contributed by atoms with Crippen LogP contribution < -0.4 is 0 Å². The lowest BCUT2D eigenvalue weighted by Gasteiger charge is -2.23. The van der Waals surface area contributed by atoms with E-state index in [-0.39, 0.29) is 24.6 Å². The lowest BCUT2D eigenvalue weighted by Crippen LogP contribution is -2.34. The molecule has 0 radical (unpaired) electrons. The topological polar surface area (TPSA) is 116 Å². The number of hydrogen-bond acceptors (Lipinski definition) is 7. The van der Waals surface area contributed by atoms with Gasteiger partial charge in [0.15, 0.2) is 0 Å². The van der Waals surface area contributed by atoms with Crippen molar-refractivity contribution >= 4 is 27.3 Å². The van der Waals surface area contributed by atoms with Crippen LogP contribution in [0.2, 0.25) is 0 Å². The highest BCUT2D eigenvalue weighted by molar-refractivity contribution is 7.88. The molecule has 0 aliphatic carbocycles. The summed E-state index contributed by atoms with van der Waals surface area (Å²) in [4.78, 5) is 16.0. The molecule has 1 aromatic rings. The highest BCUT2D eigenvalue weighted by Crippen LogP contribution is 2.25. The van der Waals surface area contributed by atoms with Crippen molar-refractivity contribution in [1.29, 1.82) is 0 Å². The number of benzene rings is 1. The monoisotopic (exact) mass is 512 g/mol. The van der Waals surface area contributed by atoms with Gasteiger partial charge in [-0.25, -0.2) is 12.8 Å². The number of aliphatic imine (C=N–C) groups is 1. The van der Waals surface area contributed by atoms with Crippen molar-refractivity contribution in [2.75, 3.05) is 20.4 Å². The SMILES string of the molecule is COC(=O)C[C@H](O)C[C@H](O)/C=C/C(C(=NC(C)N(C)S(C)(=O)=O)C(C)C)=C(/C)c1ccc(F)cc1. The zero-order chi connectivity index (χ0) is 26.9. The first-order valence-corrected chi connectivity index (χ1v) is 13.1. The van der Waals surface area contributed by atoms with Gasteiger partial charge in [0.05, 0.1) is 32.0 Å². The quantitative estimate of drug-likeness (QED) is 0.252. The van der Waals surface area contributed by atoms with E-state index in [9.17, 15) is 27.8 Å². The van der Waals surface area contributed by atoms with Crippen LogP contribution in [0.4, 0.5) is 4.39 Å². The van der Waals surface area contributed by atoms with Crippen LogP contribution in [0, 0.1) is 11.7 Å². The Morgan fingerprint density at radius 3 is 2.26 bits per heavy atom. The van der Waals surface area contributed by atoms with Crippen LogP contribution in [-0.2, 0) is 19.6 Å². The van der Waals surface area contributed by atoms with Gasteiger partial charge in [-0.15, -0.1) is 0 Å². The van der Waals surface area contributed by atoms with Crippen LogP contribution in [0.25, 0.3) is 5.57 Å². The molecule has 0 heterocycles. The average Bonchev–Trinajstić information content (AvgIpc) is 2.76. The molecule has 8 nitrogen and oxygen atoms in total. The van der Waals surface area contributed by atoms with Crippen molar-refractivity contribution in [2.45, 2.75) is 58.9 Å². The normalized spacial score (nSPS) is 16.4. The van der Waals surface area contributed by atoms with Gasteiger partial charge in [0, 0.05) is 19.2 Å². The van der Waals surface area contributed by atoms with E-state index in [4.69, 9.17) is 0 Å². The van der Waals surface area contributed by atoms with E-state index < -0.39 is 34.4 Å². The minimum atomic E-state index is -3.48. The molecule has 0 saturated carbocycles.